The minimum absolute atomic E-state index is 0.359. The van der Waals surface area contributed by atoms with E-state index in [1.165, 1.54) is 13.4 Å². The van der Waals surface area contributed by atoms with E-state index in [0.717, 1.165) is 16.0 Å². The van der Waals surface area contributed by atoms with Gasteiger partial charge in [-0.25, -0.2) is 9.69 Å². The summed E-state index contributed by atoms with van der Waals surface area (Å²) >= 11 is 0. The molecular formula is C19H18N2O3. The van der Waals surface area contributed by atoms with E-state index in [-0.39, 0.29) is 5.91 Å². The van der Waals surface area contributed by atoms with Gasteiger partial charge in [0.2, 0.25) is 0 Å². The van der Waals surface area contributed by atoms with Crippen molar-refractivity contribution in [2.45, 2.75) is 18.4 Å². The number of rotatable bonds is 4. The molecule has 24 heavy (non-hydrogen) atoms. The van der Waals surface area contributed by atoms with Crippen LogP contribution in [0, 0.1) is 0 Å². The van der Waals surface area contributed by atoms with E-state index in [0.29, 0.717) is 12.8 Å². The first-order valence-electron chi connectivity index (χ1n) is 7.69. The van der Waals surface area contributed by atoms with Crippen molar-refractivity contribution >= 4 is 18.3 Å². The molecule has 5 nitrogen and oxygen atoms in total. The average Bonchev–Trinajstić information content (AvgIpc) is 2.92. The van der Waals surface area contributed by atoms with Crippen LogP contribution in [0.1, 0.15) is 11.1 Å². The van der Waals surface area contributed by atoms with E-state index in [1.807, 2.05) is 60.7 Å². The Morgan fingerprint density at radius 2 is 1.50 bits per heavy atom. The number of hydrogen-bond acceptors (Lipinski definition) is 4. The number of benzene rings is 2. The number of amides is 2. The second kappa shape index (κ2) is 6.66. The Hall–Kier alpha value is -2.95. The molecule has 0 radical (unpaired) electrons. The Morgan fingerprint density at radius 1 is 1.00 bits per heavy atom. The summed E-state index contributed by atoms with van der Waals surface area (Å²) in [4.78, 5) is 30.1. The summed E-state index contributed by atoms with van der Waals surface area (Å²) in [6, 6.07) is 19.4. The van der Waals surface area contributed by atoms with Crippen molar-refractivity contribution in [2.24, 2.45) is 4.99 Å². The largest absolute Gasteiger partial charge is 0.452 e. The summed E-state index contributed by atoms with van der Waals surface area (Å²) in [7, 11) is 1.25. The lowest BCUT2D eigenvalue weighted by atomic mass is 9.84. The van der Waals surface area contributed by atoms with Crippen molar-refractivity contribution in [3.63, 3.8) is 0 Å². The minimum atomic E-state index is -1.03. The molecule has 1 aliphatic heterocycles. The molecule has 0 N–H and O–H groups in total. The number of nitrogens with zero attached hydrogens (tertiary/aromatic N) is 2. The van der Waals surface area contributed by atoms with Gasteiger partial charge in [-0.3, -0.25) is 9.79 Å². The topological polar surface area (TPSA) is 59.0 Å². The molecular weight excluding hydrogens is 304 g/mol. The fourth-order valence-corrected chi connectivity index (χ4v) is 2.90. The maximum atomic E-state index is 12.9. The normalized spacial score (nSPS) is 15.5. The third-order valence-electron chi connectivity index (χ3n) is 4.09. The minimum Gasteiger partial charge on any atom is -0.452 e. The van der Waals surface area contributed by atoms with Crippen LogP contribution in [0.25, 0.3) is 0 Å². The predicted molar refractivity (Wildman–Crippen MR) is 90.8 cm³/mol. The molecule has 2 aromatic carbocycles. The molecule has 0 atom stereocenters. The van der Waals surface area contributed by atoms with Crippen LogP contribution >= 0.6 is 0 Å². The quantitative estimate of drug-likeness (QED) is 0.869. The van der Waals surface area contributed by atoms with Gasteiger partial charge in [-0.2, -0.15) is 0 Å². The maximum absolute atomic E-state index is 12.9. The highest BCUT2D eigenvalue weighted by atomic mass is 16.5. The molecule has 5 heteroatoms. The van der Waals surface area contributed by atoms with E-state index in [9.17, 15) is 9.59 Å². The van der Waals surface area contributed by atoms with Gasteiger partial charge in [-0.1, -0.05) is 60.7 Å². The standard InChI is InChI=1S/C19H18N2O3/c1-24-18(23)21-14-20-19(17(21)22,12-15-8-4-2-5-9-15)13-16-10-6-3-7-11-16/h2-11,14H,12-13H2,1H3. The van der Waals surface area contributed by atoms with E-state index < -0.39 is 11.6 Å². The van der Waals surface area contributed by atoms with E-state index >= 15 is 0 Å². The second-order valence-electron chi connectivity index (χ2n) is 5.75. The van der Waals surface area contributed by atoms with Crippen LogP contribution in [0.3, 0.4) is 0 Å². The number of imide groups is 1. The lowest BCUT2D eigenvalue weighted by Crippen LogP contribution is -2.46. The molecule has 0 saturated heterocycles. The number of hydrogen-bond donors (Lipinski definition) is 0. The molecule has 0 bridgehead atoms. The highest BCUT2D eigenvalue weighted by Gasteiger charge is 2.47. The second-order valence-corrected chi connectivity index (χ2v) is 5.75. The van der Waals surface area contributed by atoms with Crippen LogP contribution in [0.5, 0.6) is 0 Å². The molecule has 0 fully saturated rings. The van der Waals surface area contributed by atoms with Crippen molar-refractivity contribution in [3.05, 3.63) is 71.8 Å². The zero-order valence-electron chi connectivity index (χ0n) is 13.4. The highest BCUT2D eigenvalue weighted by molar-refractivity contribution is 6.11. The van der Waals surface area contributed by atoms with Crippen molar-refractivity contribution in [2.75, 3.05) is 7.11 Å². The van der Waals surface area contributed by atoms with Crippen LogP contribution in [0.2, 0.25) is 0 Å². The van der Waals surface area contributed by atoms with Crippen molar-refractivity contribution in [1.29, 1.82) is 0 Å². The summed E-state index contributed by atoms with van der Waals surface area (Å²) in [5, 5.41) is 0. The Balaban J connectivity index is 1.94. The molecule has 3 rings (SSSR count). The first kappa shape index (κ1) is 15.9. The van der Waals surface area contributed by atoms with Gasteiger partial charge in [0.15, 0.2) is 0 Å². The Morgan fingerprint density at radius 3 is 1.96 bits per heavy atom. The summed E-state index contributed by atoms with van der Waals surface area (Å²) < 4.78 is 4.67. The number of ether oxygens (including phenoxy) is 1. The zero-order chi connectivity index (χ0) is 17.0. The molecule has 0 aliphatic carbocycles. The highest BCUT2D eigenvalue weighted by Crippen LogP contribution is 2.29. The van der Waals surface area contributed by atoms with Gasteiger partial charge in [0.1, 0.15) is 11.9 Å². The van der Waals surface area contributed by atoms with Gasteiger partial charge in [0.25, 0.3) is 5.91 Å². The fraction of sp³-hybridized carbons (Fsp3) is 0.211. The van der Waals surface area contributed by atoms with Crippen LogP contribution in [0.4, 0.5) is 4.79 Å². The van der Waals surface area contributed by atoms with Crippen LogP contribution < -0.4 is 0 Å². The van der Waals surface area contributed by atoms with Crippen molar-refractivity contribution in [1.82, 2.24) is 4.90 Å². The zero-order valence-corrected chi connectivity index (χ0v) is 13.4. The number of aliphatic imine (C=N–C) groups is 1. The molecule has 1 heterocycles. The molecule has 0 spiro atoms. The summed E-state index contributed by atoms with van der Waals surface area (Å²) in [5.41, 5.74) is 0.952. The maximum Gasteiger partial charge on any atom is 0.421 e. The van der Waals surface area contributed by atoms with Gasteiger partial charge in [0, 0.05) is 12.8 Å². The van der Waals surface area contributed by atoms with Gasteiger partial charge < -0.3 is 4.74 Å². The van der Waals surface area contributed by atoms with Crippen molar-refractivity contribution < 1.29 is 14.3 Å². The predicted octanol–water partition coefficient (Wildman–Crippen LogP) is 2.85. The lowest BCUT2D eigenvalue weighted by molar-refractivity contribution is -0.129. The van der Waals surface area contributed by atoms with Gasteiger partial charge >= 0.3 is 6.09 Å². The van der Waals surface area contributed by atoms with Gasteiger partial charge in [0.05, 0.1) is 7.11 Å². The molecule has 1 aliphatic rings. The van der Waals surface area contributed by atoms with Crippen LogP contribution in [-0.2, 0) is 22.4 Å². The Kier molecular flexibility index (Phi) is 4.42. The average molecular weight is 322 g/mol. The molecule has 2 aromatic rings. The van der Waals surface area contributed by atoms with E-state index in [2.05, 4.69) is 9.73 Å². The first-order chi connectivity index (χ1) is 11.6. The summed E-state index contributed by atoms with van der Waals surface area (Å²) in [5.74, 6) is -0.359. The molecule has 122 valence electrons. The third kappa shape index (κ3) is 3.06. The van der Waals surface area contributed by atoms with Crippen LogP contribution in [0.15, 0.2) is 65.7 Å². The van der Waals surface area contributed by atoms with Crippen LogP contribution in [-0.4, -0.2) is 35.9 Å². The summed E-state index contributed by atoms with van der Waals surface area (Å²) in [6.07, 6.45) is 1.41. The number of carbonyl (C=O) groups is 2. The lowest BCUT2D eigenvalue weighted by Gasteiger charge is -2.25. The number of methoxy groups -OCH3 is 1. The molecule has 0 saturated carbocycles. The van der Waals surface area contributed by atoms with E-state index in [1.54, 1.807) is 0 Å². The molecule has 0 unspecified atom stereocenters. The van der Waals surface area contributed by atoms with Gasteiger partial charge in [-0.15, -0.1) is 0 Å². The third-order valence-corrected chi connectivity index (χ3v) is 4.09. The monoisotopic (exact) mass is 322 g/mol. The SMILES string of the molecule is COC(=O)N1C=NC(Cc2ccccc2)(Cc2ccccc2)C1=O. The summed E-state index contributed by atoms with van der Waals surface area (Å²) in [6.45, 7) is 0. The smallest absolute Gasteiger partial charge is 0.421 e. The molecule has 0 aromatic heterocycles. The number of carbonyl (C=O) groups excluding carboxylic acids is 2. The first-order valence-corrected chi connectivity index (χ1v) is 7.69. The fourth-order valence-electron chi connectivity index (χ4n) is 2.90. The van der Waals surface area contributed by atoms with Crippen molar-refractivity contribution in [3.8, 4) is 0 Å². The van der Waals surface area contributed by atoms with Gasteiger partial charge in [-0.05, 0) is 11.1 Å². The van der Waals surface area contributed by atoms with E-state index in [4.69, 9.17) is 0 Å². The Bertz CT molecular complexity index is 715. The Labute approximate surface area is 140 Å². The molecule has 2 amide bonds.